The van der Waals surface area contributed by atoms with Crippen LogP contribution in [0, 0.1) is 0 Å². The highest BCUT2D eigenvalue weighted by molar-refractivity contribution is 7.95. The molecule has 0 radical (unpaired) electrons. The smallest absolute Gasteiger partial charge is 0.314 e. The molecule has 14 nitrogen and oxygen atoms in total. The molecular formula is C48H48F4N8O6S2. The van der Waals surface area contributed by atoms with Crippen molar-refractivity contribution < 1.29 is 43.2 Å². The quantitative estimate of drug-likeness (QED) is 0.0752. The SMILES string of the molecule is C=CS(=O)(=O)N(Cc1ccc(-c2nnc(C(F)F)o2)cc1)c1ccccc1.O=S(=O)(CCN1CCCN(Cc2ccccc2)CC1)N(Cc1ccc(-c2nnc(C(F)F)o2)cc1)c1ccccc1. The first-order chi connectivity index (χ1) is 32.8. The molecule has 356 valence electrons. The number of alkyl halides is 4. The van der Waals surface area contributed by atoms with Crippen LogP contribution in [0.4, 0.5) is 28.9 Å². The third kappa shape index (κ3) is 13.2. The lowest BCUT2D eigenvalue weighted by Crippen LogP contribution is -2.39. The molecule has 8 rings (SSSR count). The van der Waals surface area contributed by atoms with E-state index in [1.807, 2.05) is 24.3 Å². The highest BCUT2D eigenvalue weighted by Crippen LogP contribution is 2.28. The van der Waals surface area contributed by atoms with E-state index in [0.717, 1.165) is 50.1 Å². The van der Waals surface area contributed by atoms with Crippen molar-refractivity contribution in [3.63, 3.8) is 0 Å². The van der Waals surface area contributed by atoms with Gasteiger partial charge in [-0.1, -0.05) is 97.6 Å². The van der Waals surface area contributed by atoms with Gasteiger partial charge in [-0.2, -0.15) is 17.6 Å². The molecule has 1 fully saturated rings. The zero-order valence-corrected chi connectivity index (χ0v) is 38.3. The van der Waals surface area contributed by atoms with E-state index in [2.05, 4.69) is 61.0 Å². The van der Waals surface area contributed by atoms with Crippen molar-refractivity contribution in [1.82, 2.24) is 30.2 Å². The zero-order valence-electron chi connectivity index (χ0n) is 36.6. The van der Waals surface area contributed by atoms with Crippen molar-refractivity contribution in [1.29, 1.82) is 0 Å². The Bertz CT molecular complexity index is 2900. The molecule has 0 saturated carbocycles. The Balaban J connectivity index is 0.000000220. The van der Waals surface area contributed by atoms with Gasteiger partial charge in [0.15, 0.2) is 0 Å². The fourth-order valence-corrected chi connectivity index (χ4v) is 9.70. The number of benzene rings is 5. The number of rotatable bonds is 18. The Kier molecular flexibility index (Phi) is 16.5. The number of hydrogen-bond acceptors (Lipinski definition) is 12. The number of para-hydroxylation sites is 2. The largest absolute Gasteiger partial charge is 0.415 e. The van der Waals surface area contributed by atoms with Crippen LogP contribution in [0.3, 0.4) is 0 Å². The third-order valence-electron chi connectivity index (χ3n) is 10.8. The summed E-state index contributed by atoms with van der Waals surface area (Å²) in [6, 6.07) is 41.4. The molecule has 5 aromatic carbocycles. The molecule has 0 amide bonds. The van der Waals surface area contributed by atoms with E-state index in [4.69, 9.17) is 8.83 Å². The van der Waals surface area contributed by atoms with E-state index in [0.29, 0.717) is 34.6 Å². The van der Waals surface area contributed by atoms with Crippen LogP contribution in [0.1, 0.15) is 47.7 Å². The highest BCUT2D eigenvalue weighted by atomic mass is 32.2. The number of hydrogen-bond donors (Lipinski definition) is 0. The number of halogens is 4. The van der Waals surface area contributed by atoms with Gasteiger partial charge in [0, 0.05) is 42.7 Å². The van der Waals surface area contributed by atoms with Gasteiger partial charge in [0.25, 0.3) is 21.8 Å². The van der Waals surface area contributed by atoms with Gasteiger partial charge in [-0.05, 0) is 84.7 Å². The van der Waals surface area contributed by atoms with Crippen molar-refractivity contribution in [2.24, 2.45) is 0 Å². The summed E-state index contributed by atoms with van der Waals surface area (Å²) in [5.74, 6) is -1.54. The monoisotopic (exact) mass is 972 g/mol. The normalized spacial score (nSPS) is 13.7. The van der Waals surface area contributed by atoms with E-state index in [1.165, 1.54) is 14.2 Å². The maximum absolute atomic E-state index is 13.7. The van der Waals surface area contributed by atoms with Crippen LogP contribution in [0.15, 0.2) is 160 Å². The Morgan fingerprint density at radius 3 is 1.47 bits per heavy atom. The second-order valence-electron chi connectivity index (χ2n) is 15.6. The van der Waals surface area contributed by atoms with Gasteiger partial charge in [-0.3, -0.25) is 13.5 Å². The van der Waals surface area contributed by atoms with Crippen LogP contribution < -0.4 is 8.61 Å². The van der Waals surface area contributed by atoms with Gasteiger partial charge < -0.3 is 13.7 Å². The van der Waals surface area contributed by atoms with E-state index in [9.17, 15) is 34.4 Å². The molecule has 1 saturated heterocycles. The molecule has 0 N–H and O–H groups in total. The van der Waals surface area contributed by atoms with Crippen LogP contribution >= 0.6 is 0 Å². The predicted molar refractivity (Wildman–Crippen MR) is 250 cm³/mol. The van der Waals surface area contributed by atoms with Gasteiger partial charge in [-0.25, -0.2) is 16.8 Å². The molecule has 20 heteroatoms. The van der Waals surface area contributed by atoms with Crippen LogP contribution in [0.2, 0.25) is 0 Å². The fraction of sp³-hybridized carbons (Fsp3) is 0.250. The Hall–Kier alpha value is -6.74. The standard InChI is InChI=1S/C30H33F2N5O3S.C18H15F2N3O3S/c31-28(32)30-34-33-29(40-30)26-14-12-25(13-15-26)23-37(27-10-5-2-6-11-27)41(38,39)21-20-35-16-7-17-36(19-18-35)22-24-8-3-1-4-9-24;1-2-27(24,25)23(15-6-4-3-5-7-15)12-13-8-10-14(11-9-13)17-21-22-18(26-17)16(19)20/h1-6,8-15,28H,7,16-23H2;2-11,16H,1,12H2. The number of aromatic nitrogens is 4. The fourth-order valence-electron chi connectivity index (χ4n) is 7.28. The van der Waals surface area contributed by atoms with E-state index < -0.39 is 44.7 Å². The maximum atomic E-state index is 13.7. The molecule has 7 aromatic rings. The lowest BCUT2D eigenvalue weighted by molar-refractivity contribution is 0.115. The Morgan fingerprint density at radius 2 is 1.00 bits per heavy atom. The molecule has 1 aliphatic heterocycles. The summed E-state index contributed by atoms with van der Waals surface area (Å²) >= 11 is 0. The minimum Gasteiger partial charge on any atom is -0.415 e. The molecule has 1 aliphatic rings. The van der Waals surface area contributed by atoms with Crippen molar-refractivity contribution in [2.45, 2.75) is 38.9 Å². The summed E-state index contributed by atoms with van der Waals surface area (Å²) in [5, 5.41) is 14.8. The number of anilines is 2. The molecule has 0 aliphatic carbocycles. The first-order valence-electron chi connectivity index (χ1n) is 21.4. The summed E-state index contributed by atoms with van der Waals surface area (Å²) in [5.41, 5.74) is 4.72. The first kappa shape index (κ1) is 49.2. The van der Waals surface area contributed by atoms with Gasteiger partial charge in [0.05, 0.1) is 30.2 Å². The Labute approximate surface area is 392 Å². The molecule has 0 bridgehead atoms. The van der Waals surface area contributed by atoms with Crippen LogP contribution in [0.25, 0.3) is 22.9 Å². The molecular weight excluding hydrogens is 925 g/mol. The topological polar surface area (TPSA) is 159 Å². The molecule has 2 aromatic heterocycles. The third-order valence-corrected chi connectivity index (χ3v) is 13.9. The molecule has 68 heavy (non-hydrogen) atoms. The van der Waals surface area contributed by atoms with Crippen molar-refractivity contribution in [2.75, 3.05) is 47.1 Å². The van der Waals surface area contributed by atoms with Gasteiger partial charge in [0.1, 0.15) is 0 Å². The summed E-state index contributed by atoms with van der Waals surface area (Å²) in [7, 11) is -7.37. The van der Waals surface area contributed by atoms with Gasteiger partial charge >= 0.3 is 12.9 Å². The van der Waals surface area contributed by atoms with E-state index in [-0.39, 0.29) is 30.6 Å². The first-order valence-corrected chi connectivity index (χ1v) is 24.6. The minimum atomic E-state index is -3.71. The zero-order chi connectivity index (χ0) is 48.1. The number of nitrogens with zero attached hydrogens (tertiary/aromatic N) is 8. The minimum absolute atomic E-state index is 0.00292. The van der Waals surface area contributed by atoms with Crippen LogP contribution in [0.5, 0.6) is 0 Å². The Morgan fingerprint density at radius 1 is 0.559 bits per heavy atom. The van der Waals surface area contributed by atoms with E-state index in [1.54, 1.807) is 91.0 Å². The molecule has 3 heterocycles. The highest BCUT2D eigenvalue weighted by Gasteiger charge is 2.26. The van der Waals surface area contributed by atoms with Crippen molar-refractivity contribution >= 4 is 31.4 Å². The van der Waals surface area contributed by atoms with E-state index >= 15 is 0 Å². The molecule has 0 spiro atoms. The predicted octanol–water partition coefficient (Wildman–Crippen LogP) is 9.37. The average Bonchev–Trinajstić information content (AvgIpc) is 4.02. The molecule has 0 atom stereocenters. The summed E-state index contributed by atoms with van der Waals surface area (Å²) in [6.07, 6.45) is -4.70. The van der Waals surface area contributed by atoms with Crippen LogP contribution in [-0.2, 0) is 39.7 Å². The van der Waals surface area contributed by atoms with Crippen molar-refractivity contribution in [3.8, 4) is 22.9 Å². The second-order valence-corrected chi connectivity index (χ2v) is 19.4. The number of sulfonamides is 2. The lowest BCUT2D eigenvalue weighted by Gasteiger charge is -2.27. The summed E-state index contributed by atoms with van der Waals surface area (Å²) in [6.45, 7) is 8.47. The maximum Gasteiger partial charge on any atom is 0.314 e. The molecule has 0 unspecified atom stereocenters. The lowest BCUT2D eigenvalue weighted by atomic mass is 10.1. The van der Waals surface area contributed by atoms with Crippen molar-refractivity contribution in [3.05, 3.63) is 180 Å². The van der Waals surface area contributed by atoms with Gasteiger partial charge in [0.2, 0.25) is 21.8 Å². The summed E-state index contributed by atoms with van der Waals surface area (Å²) < 4.78 is 115. The second kappa shape index (κ2) is 22.8. The van der Waals surface area contributed by atoms with Crippen LogP contribution in [-0.4, -0.2) is 85.5 Å². The average molecular weight is 973 g/mol. The van der Waals surface area contributed by atoms with Gasteiger partial charge in [-0.15, -0.1) is 20.4 Å². The summed E-state index contributed by atoms with van der Waals surface area (Å²) in [4.78, 5) is 4.66.